The zero-order valence-corrected chi connectivity index (χ0v) is 14.1. The molecule has 122 valence electrons. The summed E-state index contributed by atoms with van der Waals surface area (Å²) in [5.74, 6) is 0.208. The van der Waals surface area contributed by atoms with E-state index in [1.54, 1.807) is 6.92 Å². The minimum Gasteiger partial charge on any atom is -0.371 e. The average Bonchev–Trinajstić information content (AvgIpc) is 3.15. The van der Waals surface area contributed by atoms with E-state index in [4.69, 9.17) is 11.6 Å². The minimum absolute atomic E-state index is 0.208. The number of aromatic amines is 1. The lowest BCUT2D eigenvalue weighted by Gasteiger charge is -2.40. The molecule has 2 fully saturated rings. The Morgan fingerprint density at radius 2 is 2.00 bits per heavy atom. The largest absolute Gasteiger partial charge is 0.371 e. The number of rotatable bonds is 1. The van der Waals surface area contributed by atoms with Crippen LogP contribution in [0, 0.1) is 5.41 Å². The van der Waals surface area contributed by atoms with Crippen LogP contribution in [0.1, 0.15) is 26.2 Å². The highest BCUT2D eigenvalue weighted by atomic mass is 35.5. The van der Waals surface area contributed by atoms with Gasteiger partial charge in [-0.15, -0.1) is 0 Å². The Hall–Kier alpha value is -1.75. The van der Waals surface area contributed by atoms with E-state index in [0.717, 1.165) is 67.1 Å². The van der Waals surface area contributed by atoms with Crippen LogP contribution in [0.25, 0.3) is 10.9 Å². The number of benzene rings is 1. The molecule has 0 unspecified atom stereocenters. The number of carbonyl (C=O) groups is 1. The summed E-state index contributed by atoms with van der Waals surface area (Å²) in [6.07, 6.45) is 5.26. The Bertz CT molecular complexity index is 748. The van der Waals surface area contributed by atoms with Gasteiger partial charge in [-0.1, -0.05) is 11.6 Å². The molecule has 2 aliphatic heterocycles. The van der Waals surface area contributed by atoms with Gasteiger partial charge in [0.2, 0.25) is 5.91 Å². The van der Waals surface area contributed by atoms with Crippen LogP contribution in [-0.4, -0.2) is 47.2 Å². The van der Waals surface area contributed by atoms with Crippen molar-refractivity contribution in [1.29, 1.82) is 0 Å². The first kappa shape index (κ1) is 14.8. The van der Waals surface area contributed by atoms with Gasteiger partial charge in [0, 0.05) is 49.2 Å². The second-order valence-corrected chi connectivity index (χ2v) is 7.37. The average molecular weight is 333 g/mol. The number of aromatic nitrogens is 2. The van der Waals surface area contributed by atoms with Crippen molar-refractivity contribution in [3.05, 3.63) is 23.4 Å². The number of halogens is 1. The van der Waals surface area contributed by atoms with Crippen molar-refractivity contribution in [2.75, 3.05) is 31.1 Å². The van der Waals surface area contributed by atoms with Gasteiger partial charge in [0.1, 0.15) is 0 Å². The lowest BCUT2D eigenvalue weighted by Crippen LogP contribution is -2.42. The van der Waals surface area contributed by atoms with Crippen LogP contribution in [0.3, 0.4) is 0 Å². The third-order valence-electron chi connectivity index (χ3n) is 5.55. The molecule has 0 atom stereocenters. The molecule has 2 saturated heterocycles. The molecule has 1 aromatic carbocycles. The van der Waals surface area contributed by atoms with Crippen molar-refractivity contribution in [2.24, 2.45) is 5.41 Å². The Kier molecular flexibility index (Phi) is 3.48. The predicted octanol–water partition coefficient (Wildman–Crippen LogP) is 3.06. The number of fused-ring (bicyclic) bond motifs is 1. The molecule has 6 heteroatoms. The topological polar surface area (TPSA) is 52.2 Å². The fraction of sp³-hybridized carbons (Fsp3) is 0.529. The summed E-state index contributed by atoms with van der Waals surface area (Å²) in [7, 11) is 0. The molecule has 0 saturated carbocycles. The summed E-state index contributed by atoms with van der Waals surface area (Å²) in [4.78, 5) is 16.0. The number of anilines is 1. The highest BCUT2D eigenvalue weighted by Gasteiger charge is 2.41. The van der Waals surface area contributed by atoms with Crippen LogP contribution in [0.15, 0.2) is 18.3 Å². The number of hydrogen-bond acceptors (Lipinski definition) is 3. The first-order valence-corrected chi connectivity index (χ1v) is 8.57. The van der Waals surface area contributed by atoms with Gasteiger partial charge >= 0.3 is 0 Å². The van der Waals surface area contributed by atoms with Gasteiger partial charge in [0.05, 0.1) is 11.7 Å². The second-order valence-electron chi connectivity index (χ2n) is 6.93. The highest BCUT2D eigenvalue weighted by molar-refractivity contribution is 6.31. The SMILES string of the molecule is CC(=O)N1CCC2(CCN(c3cc(Cl)cc4[nH]ncc34)CC2)C1. The van der Waals surface area contributed by atoms with Gasteiger partial charge in [-0.3, -0.25) is 9.89 Å². The Morgan fingerprint density at radius 3 is 2.70 bits per heavy atom. The summed E-state index contributed by atoms with van der Waals surface area (Å²) >= 11 is 6.26. The number of hydrogen-bond donors (Lipinski definition) is 1. The van der Waals surface area contributed by atoms with E-state index in [1.807, 2.05) is 23.2 Å². The van der Waals surface area contributed by atoms with Crippen molar-refractivity contribution in [3.8, 4) is 0 Å². The quantitative estimate of drug-likeness (QED) is 0.873. The van der Waals surface area contributed by atoms with E-state index < -0.39 is 0 Å². The molecule has 3 heterocycles. The number of likely N-dealkylation sites (tertiary alicyclic amines) is 1. The van der Waals surface area contributed by atoms with Crippen molar-refractivity contribution in [2.45, 2.75) is 26.2 Å². The predicted molar refractivity (Wildman–Crippen MR) is 91.9 cm³/mol. The maximum Gasteiger partial charge on any atom is 0.219 e. The zero-order chi connectivity index (χ0) is 16.0. The van der Waals surface area contributed by atoms with Crippen LogP contribution < -0.4 is 4.90 Å². The number of nitrogens with one attached hydrogen (secondary N) is 1. The Labute approximate surface area is 140 Å². The second kappa shape index (κ2) is 5.41. The molecule has 0 bridgehead atoms. The molecule has 0 aliphatic carbocycles. The summed E-state index contributed by atoms with van der Waals surface area (Å²) in [5, 5.41) is 9.01. The number of nitrogens with zero attached hydrogens (tertiary/aromatic N) is 3. The van der Waals surface area contributed by atoms with Crippen LogP contribution in [-0.2, 0) is 4.79 Å². The maximum absolute atomic E-state index is 11.6. The molecular formula is C17H21ClN4O. The molecular weight excluding hydrogens is 312 g/mol. The molecule has 1 spiro atoms. The summed E-state index contributed by atoms with van der Waals surface area (Å²) in [6.45, 7) is 5.53. The summed E-state index contributed by atoms with van der Waals surface area (Å²) in [6, 6.07) is 3.95. The van der Waals surface area contributed by atoms with Crippen molar-refractivity contribution >= 4 is 34.1 Å². The van der Waals surface area contributed by atoms with E-state index in [2.05, 4.69) is 15.1 Å². The molecule has 0 radical (unpaired) electrons. The first-order chi connectivity index (χ1) is 11.1. The molecule has 2 aliphatic rings. The van der Waals surface area contributed by atoms with Crippen LogP contribution in [0.2, 0.25) is 5.02 Å². The first-order valence-electron chi connectivity index (χ1n) is 8.19. The highest BCUT2D eigenvalue weighted by Crippen LogP contribution is 2.42. The lowest BCUT2D eigenvalue weighted by atomic mass is 9.77. The van der Waals surface area contributed by atoms with Gasteiger partial charge in [0.15, 0.2) is 0 Å². The van der Waals surface area contributed by atoms with Crippen LogP contribution >= 0.6 is 11.6 Å². The number of H-pyrrole nitrogens is 1. The molecule has 23 heavy (non-hydrogen) atoms. The zero-order valence-electron chi connectivity index (χ0n) is 13.3. The fourth-order valence-electron chi connectivity index (χ4n) is 4.09. The van der Waals surface area contributed by atoms with E-state index in [9.17, 15) is 4.79 Å². The van der Waals surface area contributed by atoms with Gasteiger partial charge in [-0.25, -0.2) is 0 Å². The van der Waals surface area contributed by atoms with Gasteiger partial charge in [-0.05, 0) is 36.8 Å². The van der Waals surface area contributed by atoms with Crippen molar-refractivity contribution in [3.63, 3.8) is 0 Å². The van der Waals surface area contributed by atoms with Gasteiger partial charge in [-0.2, -0.15) is 5.10 Å². The van der Waals surface area contributed by atoms with Gasteiger partial charge in [0.25, 0.3) is 0 Å². The standard InChI is InChI=1S/C17H21ClN4O/c1-12(23)22-7-4-17(11-22)2-5-21(6-3-17)16-9-13(18)8-15-14(16)10-19-20-15/h8-10H,2-7,11H2,1H3,(H,19,20). The van der Waals surface area contributed by atoms with Crippen molar-refractivity contribution < 1.29 is 4.79 Å². The summed E-state index contributed by atoms with van der Waals surface area (Å²) < 4.78 is 0. The van der Waals surface area contributed by atoms with Crippen LogP contribution in [0.4, 0.5) is 5.69 Å². The minimum atomic E-state index is 0.208. The molecule has 1 aromatic heterocycles. The summed E-state index contributed by atoms with van der Waals surface area (Å²) in [5.41, 5.74) is 2.46. The van der Waals surface area contributed by atoms with Crippen LogP contribution in [0.5, 0.6) is 0 Å². The molecule has 1 amide bonds. The lowest BCUT2D eigenvalue weighted by molar-refractivity contribution is -0.128. The van der Waals surface area contributed by atoms with E-state index in [-0.39, 0.29) is 5.91 Å². The normalized spacial score (nSPS) is 20.6. The molecule has 4 rings (SSSR count). The monoisotopic (exact) mass is 332 g/mol. The maximum atomic E-state index is 11.6. The smallest absolute Gasteiger partial charge is 0.219 e. The van der Waals surface area contributed by atoms with Crippen molar-refractivity contribution in [1.82, 2.24) is 15.1 Å². The molecule has 1 N–H and O–H groups in total. The third-order valence-corrected chi connectivity index (χ3v) is 5.77. The molecule has 5 nitrogen and oxygen atoms in total. The number of piperidine rings is 1. The van der Waals surface area contributed by atoms with E-state index in [0.29, 0.717) is 5.41 Å². The van der Waals surface area contributed by atoms with Gasteiger partial charge < -0.3 is 9.80 Å². The Morgan fingerprint density at radius 1 is 1.26 bits per heavy atom. The number of amides is 1. The van der Waals surface area contributed by atoms with E-state index >= 15 is 0 Å². The number of carbonyl (C=O) groups excluding carboxylic acids is 1. The van der Waals surface area contributed by atoms with E-state index in [1.165, 1.54) is 0 Å². The third kappa shape index (κ3) is 2.57. The molecule has 2 aromatic rings. The fourth-order valence-corrected chi connectivity index (χ4v) is 4.31. The Balaban J connectivity index is 1.53.